The van der Waals surface area contributed by atoms with Gasteiger partial charge in [-0.1, -0.05) is 13.8 Å². The predicted octanol–water partition coefficient (Wildman–Crippen LogP) is 5.38. The first-order chi connectivity index (χ1) is 14.1. The van der Waals surface area contributed by atoms with E-state index in [0.29, 0.717) is 5.92 Å². The summed E-state index contributed by atoms with van der Waals surface area (Å²) in [5.74, 6) is 1.40. The van der Waals surface area contributed by atoms with Crippen molar-refractivity contribution in [3.8, 4) is 11.3 Å². The Bertz CT molecular complexity index is 931. The molecule has 1 atom stereocenters. The molecule has 1 aliphatic heterocycles. The van der Waals surface area contributed by atoms with E-state index >= 15 is 0 Å². The van der Waals surface area contributed by atoms with Crippen LogP contribution in [0.3, 0.4) is 0 Å². The van der Waals surface area contributed by atoms with E-state index in [4.69, 9.17) is 9.40 Å². The van der Waals surface area contributed by atoms with Gasteiger partial charge in [0.25, 0.3) is 0 Å². The van der Waals surface area contributed by atoms with E-state index in [0.717, 1.165) is 60.2 Å². The molecule has 1 aromatic carbocycles. The number of likely N-dealkylation sites (tertiary alicyclic amines) is 1. The van der Waals surface area contributed by atoms with Crippen molar-refractivity contribution < 1.29 is 9.21 Å². The summed E-state index contributed by atoms with van der Waals surface area (Å²) >= 11 is 1.72. The van der Waals surface area contributed by atoms with Gasteiger partial charge in [-0.2, -0.15) is 0 Å². The minimum absolute atomic E-state index is 0.0121. The number of hydrogen-bond donors (Lipinski definition) is 1. The second-order valence-corrected chi connectivity index (χ2v) is 8.88. The first kappa shape index (κ1) is 19.9. The summed E-state index contributed by atoms with van der Waals surface area (Å²) in [4.78, 5) is 19.9. The molecule has 152 valence electrons. The maximum atomic E-state index is 12.8. The zero-order valence-electron chi connectivity index (χ0n) is 16.9. The summed E-state index contributed by atoms with van der Waals surface area (Å²) in [6, 6.07) is 11.6. The SMILES string of the molecule is CC(C)c1csc(CN2CCCC(C(=O)Nc3ccc(-c4ccco4)cc3)C2)n1. The van der Waals surface area contributed by atoms with Crippen molar-refractivity contribution in [1.29, 1.82) is 0 Å². The predicted molar refractivity (Wildman–Crippen MR) is 117 cm³/mol. The van der Waals surface area contributed by atoms with Crippen molar-refractivity contribution in [3.63, 3.8) is 0 Å². The first-order valence-corrected chi connectivity index (χ1v) is 11.1. The van der Waals surface area contributed by atoms with Crippen LogP contribution >= 0.6 is 11.3 Å². The van der Waals surface area contributed by atoms with Gasteiger partial charge < -0.3 is 9.73 Å². The Labute approximate surface area is 175 Å². The average Bonchev–Trinajstić information content (AvgIpc) is 3.41. The minimum Gasteiger partial charge on any atom is -0.464 e. The number of carbonyl (C=O) groups is 1. The molecular formula is C23H27N3O2S. The number of aromatic nitrogens is 1. The molecule has 1 N–H and O–H groups in total. The Hall–Kier alpha value is -2.44. The summed E-state index contributed by atoms with van der Waals surface area (Å²) in [6.45, 7) is 6.98. The summed E-state index contributed by atoms with van der Waals surface area (Å²) in [6.07, 6.45) is 3.63. The van der Waals surface area contributed by atoms with Crippen LogP contribution in [0.4, 0.5) is 5.69 Å². The molecule has 6 heteroatoms. The second kappa shape index (κ2) is 8.93. The standard InChI is InChI=1S/C23H27N3O2S/c1-16(2)20-15-29-22(25-20)14-26-11-3-5-18(13-26)23(27)24-19-9-7-17(8-10-19)21-6-4-12-28-21/h4,6-10,12,15-16,18H,3,5,11,13-14H2,1-2H3,(H,24,27). The normalized spacial score (nSPS) is 17.6. The van der Waals surface area contributed by atoms with Crippen LogP contribution in [0.2, 0.25) is 0 Å². The highest BCUT2D eigenvalue weighted by Crippen LogP contribution is 2.25. The summed E-state index contributed by atoms with van der Waals surface area (Å²) < 4.78 is 5.41. The van der Waals surface area contributed by atoms with Crippen LogP contribution in [0, 0.1) is 5.92 Å². The molecule has 1 saturated heterocycles. The monoisotopic (exact) mass is 409 g/mol. The van der Waals surface area contributed by atoms with E-state index in [2.05, 4.69) is 29.4 Å². The number of piperidine rings is 1. The van der Waals surface area contributed by atoms with E-state index in [9.17, 15) is 4.79 Å². The van der Waals surface area contributed by atoms with Crippen LogP contribution in [0.15, 0.2) is 52.5 Å². The van der Waals surface area contributed by atoms with Gasteiger partial charge in [-0.05, 0) is 61.7 Å². The van der Waals surface area contributed by atoms with Gasteiger partial charge >= 0.3 is 0 Å². The maximum absolute atomic E-state index is 12.8. The molecule has 29 heavy (non-hydrogen) atoms. The highest BCUT2D eigenvalue weighted by Gasteiger charge is 2.26. The Morgan fingerprint density at radius 3 is 2.83 bits per heavy atom. The molecule has 5 nitrogen and oxygen atoms in total. The maximum Gasteiger partial charge on any atom is 0.228 e. The molecule has 0 radical (unpaired) electrons. The Balaban J connectivity index is 1.33. The van der Waals surface area contributed by atoms with Gasteiger partial charge in [0.2, 0.25) is 5.91 Å². The number of nitrogens with one attached hydrogen (secondary N) is 1. The van der Waals surface area contributed by atoms with Gasteiger partial charge in [0.1, 0.15) is 10.8 Å². The number of nitrogens with zero attached hydrogens (tertiary/aromatic N) is 2. The third-order valence-corrected chi connectivity index (χ3v) is 6.21. The number of amides is 1. The Morgan fingerprint density at radius 2 is 2.14 bits per heavy atom. The molecule has 4 rings (SSSR count). The lowest BCUT2D eigenvalue weighted by Gasteiger charge is -2.31. The molecule has 1 amide bonds. The van der Waals surface area contributed by atoms with Crippen LogP contribution in [-0.2, 0) is 11.3 Å². The number of thiazole rings is 1. The lowest BCUT2D eigenvalue weighted by molar-refractivity contribution is -0.121. The number of furan rings is 1. The molecule has 2 aromatic heterocycles. The summed E-state index contributed by atoms with van der Waals surface area (Å²) in [5, 5.41) is 6.37. The van der Waals surface area contributed by atoms with Gasteiger partial charge in [0.05, 0.1) is 24.4 Å². The molecule has 0 bridgehead atoms. The number of carbonyl (C=O) groups excluding carboxylic acids is 1. The molecule has 1 unspecified atom stereocenters. The lowest BCUT2D eigenvalue weighted by Crippen LogP contribution is -2.40. The fourth-order valence-corrected chi connectivity index (χ4v) is 4.67. The fraction of sp³-hybridized carbons (Fsp3) is 0.391. The van der Waals surface area contributed by atoms with Gasteiger partial charge in [-0.25, -0.2) is 4.98 Å². The molecule has 3 aromatic rings. The smallest absolute Gasteiger partial charge is 0.228 e. The van der Waals surface area contributed by atoms with E-state index < -0.39 is 0 Å². The Morgan fingerprint density at radius 1 is 1.31 bits per heavy atom. The fourth-order valence-electron chi connectivity index (χ4n) is 3.67. The van der Waals surface area contributed by atoms with Crippen LogP contribution in [0.1, 0.15) is 43.3 Å². The minimum atomic E-state index is 0.0121. The zero-order chi connectivity index (χ0) is 20.2. The molecule has 0 spiro atoms. The number of anilines is 1. The van der Waals surface area contributed by atoms with E-state index in [-0.39, 0.29) is 11.8 Å². The largest absolute Gasteiger partial charge is 0.464 e. The van der Waals surface area contributed by atoms with Crippen molar-refractivity contribution in [1.82, 2.24) is 9.88 Å². The third-order valence-electron chi connectivity index (χ3n) is 5.35. The summed E-state index contributed by atoms with van der Waals surface area (Å²) in [5.41, 5.74) is 2.99. The summed E-state index contributed by atoms with van der Waals surface area (Å²) in [7, 11) is 0. The van der Waals surface area contributed by atoms with Crippen LogP contribution in [-0.4, -0.2) is 28.9 Å². The van der Waals surface area contributed by atoms with Crippen molar-refractivity contribution >= 4 is 22.9 Å². The van der Waals surface area contributed by atoms with Crippen molar-refractivity contribution in [2.24, 2.45) is 5.92 Å². The number of rotatable bonds is 6. The highest BCUT2D eigenvalue weighted by molar-refractivity contribution is 7.09. The van der Waals surface area contributed by atoms with Crippen LogP contribution in [0.5, 0.6) is 0 Å². The van der Waals surface area contributed by atoms with Crippen molar-refractivity contribution in [2.45, 2.75) is 39.2 Å². The van der Waals surface area contributed by atoms with Crippen molar-refractivity contribution in [3.05, 3.63) is 58.7 Å². The molecule has 1 aliphatic rings. The van der Waals surface area contributed by atoms with Crippen LogP contribution in [0.25, 0.3) is 11.3 Å². The average molecular weight is 410 g/mol. The lowest BCUT2D eigenvalue weighted by atomic mass is 9.97. The quantitative estimate of drug-likeness (QED) is 0.594. The molecule has 3 heterocycles. The van der Waals surface area contributed by atoms with Gasteiger partial charge in [-0.15, -0.1) is 11.3 Å². The van der Waals surface area contributed by atoms with E-state index in [1.54, 1.807) is 17.6 Å². The molecule has 0 aliphatic carbocycles. The number of benzene rings is 1. The van der Waals surface area contributed by atoms with Crippen molar-refractivity contribution in [2.75, 3.05) is 18.4 Å². The molecular weight excluding hydrogens is 382 g/mol. The molecule has 0 saturated carbocycles. The van der Waals surface area contributed by atoms with E-state index in [1.807, 2.05) is 36.4 Å². The third kappa shape index (κ3) is 4.95. The number of hydrogen-bond acceptors (Lipinski definition) is 5. The first-order valence-electron chi connectivity index (χ1n) is 10.2. The molecule has 1 fully saturated rings. The second-order valence-electron chi connectivity index (χ2n) is 7.94. The van der Waals surface area contributed by atoms with E-state index in [1.165, 1.54) is 0 Å². The zero-order valence-corrected chi connectivity index (χ0v) is 17.7. The highest BCUT2D eigenvalue weighted by atomic mass is 32.1. The Kier molecular flexibility index (Phi) is 6.11. The van der Waals surface area contributed by atoms with Gasteiger partial charge in [0, 0.05) is 23.2 Å². The van der Waals surface area contributed by atoms with Gasteiger partial charge in [-0.3, -0.25) is 9.69 Å². The topological polar surface area (TPSA) is 58.4 Å². The van der Waals surface area contributed by atoms with Gasteiger partial charge in [0.15, 0.2) is 0 Å². The van der Waals surface area contributed by atoms with Crippen LogP contribution < -0.4 is 5.32 Å².